The molecule has 4 rings (SSSR count). The van der Waals surface area contributed by atoms with Crippen LogP contribution in [-0.2, 0) is 19.0 Å². The predicted octanol–water partition coefficient (Wildman–Crippen LogP) is 2.80. The minimum absolute atomic E-state index is 0.00140. The summed E-state index contributed by atoms with van der Waals surface area (Å²) in [6.07, 6.45) is 5.76. The number of ketones is 1. The topological polar surface area (TPSA) is 54.0 Å². The number of rotatable bonds is 3. The summed E-state index contributed by atoms with van der Waals surface area (Å²) in [4.78, 5) is 11.9. The van der Waals surface area contributed by atoms with Crippen molar-refractivity contribution in [2.24, 2.45) is 5.92 Å². The normalized spacial score (nSPS) is 35.7. The van der Waals surface area contributed by atoms with Gasteiger partial charge in [-0.05, 0) is 25.0 Å². The average Bonchev–Trinajstić information content (AvgIpc) is 3.07. The molecule has 0 spiro atoms. The van der Waals surface area contributed by atoms with Crippen LogP contribution >= 0.6 is 0 Å². The maximum Gasteiger partial charge on any atom is 0.184 e. The van der Waals surface area contributed by atoms with Crippen LogP contribution in [0.2, 0.25) is 0 Å². The fourth-order valence-electron chi connectivity index (χ4n) is 3.65. The Labute approximate surface area is 141 Å². The first-order valence-electron chi connectivity index (χ1n) is 8.52. The molecule has 2 heterocycles. The highest BCUT2D eigenvalue weighted by Crippen LogP contribution is 2.35. The molecule has 1 aromatic rings. The third-order valence-corrected chi connectivity index (χ3v) is 5.02. The van der Waals surface area contributed by atoms with Gasteiger partial charge in [0.05, 0.1) is 19.8 Å². The molecule has 1 saturated heterocycles. The molecule has 5 atom stereocenters. The third kappa shape index (κ3) is 2.99. The number of fused-ring (bicyclic) bond motifs is 1. The van der Waals surface area contributed by atoms with Crippen molar-refractivity contribution in [1.82, 2.24) is 0 Å². The summed E-state index contributed by atoms with van der Waals surface area (Å²) in [5.74, 6) is 1.12. The van der Waals surface area contributed by atoms with Gasteiger partial charge in [0.25, 0.3) is 0 Å². The van der Waals surface area contributed by atoms with E-state index in [9.17, 15) is 4.79 Å². The lowest BCUT2D eigenvalue weighted by Gasteiger charge is -2.40. The van der Waals surface area contributed by atoms with Crippen molar-refractivity contribution in [3.05, 3.63) is 42.0 Å². The van der Waals surface area contributed by atoms with E-state index in [0.717, 1.165) is 24.2 Å². The number of hydrogen-bond acceptors (Lipinski definition) is 5. The van der Waals surface area contributed by atoms with Crippen LogP contribution in [0.1, 0.15) is 31.1 Å². The number of hydrogen-bond donors (Lipinski definition) is 0. The molecule has 1 saturated carbocycles. The van der Waals surface area contributed by atoms with Gasteiger partial charge in [-0.25, -0.2) is 0 Å². The number of carbonyl (C=O) groups excluding carboxylic acids is 1. The van der Waals surface area contributed by atoms with E-state index in [1.54, 1.807) is 7.11 Å². The van der Waals surface area contributed by atoms with Crippen molar-refractivity contribution < 1.29 is 23.7 Å². The lowest BCUT2D eigenvalue weighted by molar-refractivity contribution is -0.264. The molecule has 2 aliphatic heterocycles. The minimum Gasteiger partial charge on any atom is -0.497 e. The molecular formula is C19H22O5. The fraction of sp³-hybridized carbons (Fsp3) is 0.526. The molecule has 5 nitrogen and oxygen atoms in total. The van der Waals surface area contributed by atoms with Crippen molar-refractivity contribution in [2.75, 3.05) is 13.7 Å². The monoisotopic (exact) mass is 330 g/mol. The number of carbonyl (C=O) groups is 1. The quantitative estimate of drug-likeness (QED) is 0.798. The van der Waals surface area contributed by atoms with Crippen molar-refractivity contribution in [2.45, 2.75) is 43.9 Å². The SMILES string of the molecule is COc1ccc(C2OCC3OC(C4CCCC4=O)C=CC3O2)cc1. The highest BCUT2D eigenvalue weighted by atomic mass is 16.7. The van der Waals surface area contributed by atoms with Gasteiger partial charge >= 0.3 is 0 Å². The van der Waals surface area contributed by atoms with Gasteiger partial charge < -0.3 is 18.9 Å². The average molecular weight is 330 g/mol. The van der Waals surface area contributed by atoms with E-state index in [1.165, 1.54) is 0 Å². The van der Waals surface area contributed by atoms with Gasteiger partial charge in [-0.15, -0.1) is 0 Å². The van der Waals surface area contributed by atoms with Gasteiger partial charge in [0.2, 0.25) is 0 Å². The van der Waals surface area contributed by atoms with E-state index in [4.69, 9.17) is 18.9 Å². The van der Waals surface area contributed by atoms with Gasteiger partial charge in [0, 0.05) is 17.9 Å². The maximum absolute atomic E-state index is 11.9. The van der Waals surface area contributed by atoms with Crippen molar-refractivity contribution in [3.8, 4) is 5.75 Å². The van der Waals surface area contributed by atoms with E-state index in [0.29, 0.717) is 18.8 Å². The predicted molar refractivity (Wildman–Crippen MR) is 86.7 cm³/mol. The number of Topliss-reactive ketones (excluding diaryl/α,β-unsaturated/α-hetero) is 1. The smallest absolute Gasteiger partial charge is 0.184 e. The summed E-state index contributed by atoms with van der Waals surface area (Å²) in [7, 11) is 1.64. The van der Waals surface area contributed by atoms with Gasteiger partial charge in [0.15, 0.2) is 6.29 Å². The van der Waals surface area contributed by atoms with Crippen molar-refractivity contribution in [3.63, 3.8) is 0 Å². The van der Waals surface area contributed by atoms with E-state index < -0.39 is 6.29 Å². The lowest BCUT2D eigenvalue weighted by atomic mass is 9.95. The summed E-state index contributed by atoms with van der Waals surface area (Å²) in [6, 6.07) is 7.67. The van der Waals surface area contributed by atoms with Crippen LogP contribution in [0, 0.1) is 5.92 Å². The van der Waals surface area contributed by atoms with Crippen LogP contribution < -0.4 is 4.74 Å². The molecule has 0 bridgehead atoms. The standard InChI is InChI=1S/C19H22O5/c1-21-13-7-5-12(6-8-13)19-22-11-18-17(24-19)10-9-16(23-18)14-3-2-4-15(14)20/h5-10,14,16-19H,2-4,11H2,1H3. The Morgan fingerprint density at radius 3 is 2.58 bits per heavy atom. The van der Waals surface area contributed by atoms with Gasteiger partial charge in [0.1, 0.15) is 23.7 Å². The Kier molecular flexibility index (Phi) is 4.39. The zero-order valence-electron chi connectivity index (χ0n) is 13.7. The first-order valence-corrected chi connectivity index (χ1v) is 8.52. The maximum atomic E-state index is 11.9. The van der Waals surface area contributed by atoms with E-state index >= 15 is 0 Å². The Hall–Kier alpha value is -1.69. The molecule has 0 aromatic heterocycles. The van der Waals surface area contributed by atoms with Crippen molar-refractivity contribution in [1.29, 1.82) is 0 Å². The van der Waals surface area contributed by atoms with Crippen LogP contribution in [0.5, 0.6) is 5.75 Å². The minimum atomic E-state index is -0.407. The van der Waals surface area contributed by atoms with Crippen LogP contribution in [0.4, 0.5) is 0 Å². The van der Waals surface area contributed by atoms with Gasteiger partial charge in [-0.3, -0.25) is 4.79 Å². The Balaban J connectivity index is 1.43. The largest absolute Gasteiger partial charge is 0.497 e. The third-order valence-electron chi connectivity index (χ3n) is 5.02. The summed E-state index contributed by atoms with van der Waals surface area (Å²) >= 11 is 0. The zero-order valence-corrected chi connectivity index (χ0v) is 13.7. The lowest BCUT2D eigenvalue weighted by Crippen LogP contribution is -2.47. The van der Waals surface area contributed by atoms with Crippen LogP contribution in [0.3, 0.4) is 0 Å². The van der Waals surface area contributed by atoms with Crippen LogP contribution in [0.25, 0.3) is 0 Å². The number of benzene rings is 1. The first-order chi connectivity index (χ1) is 11.7. The summed E-state index contributed by atoms with van der Waals surface area (Å²) in [6.45, 7) is 0.461. The van der Waals surface area contributed by atoms with Gasteiger partial charge in [-0.2, -0.15) is 0 Å². The molecular weight excluding hydrogens is 308 g/mol. The molecule has 0 radical (unpaired) electrons. The summed E-state index contributed by atoms with van der Waals surface area (Å²) < 4.78 is 23.1. The van der Waals surface area contributed by atoms with Crippen molar-refractivity contribution >= 4 is 5.78 Å². The molecule has 0 amide bonds. The first kappa shape index (κ1) is 15.8. The second kappa shape index (κ2) is 6.67. The number of methoxy groups -OCH3 is 1. The molecule has 3 aliphatic rings. The van der Waals surface area contributed by atoms with E-state index in [1.807, 2.05) is 36.4 Å². The molecule has 5 unspecified atom stereocenters. The van der Waals surface area contributed by atoms with E-state index in [2.05, 4.69) is 0 Å². The molecule has 2 fully saturated rings. The molecule has 1 aromatic carbocycles. The summed E-state index contributed by atoms with van der Waals surface area (Å²) in [5.41, 5.74) is 0.954. The highest BCUT2D eigenvalue weighted by molar-refractivity contribution is 5.83. The van der Waals surface area contributed by atoms with Crippen LogP contribution in [0.15, 0.2) is 36.4 Å². The van der Waals surface area contributed by atoms with E-state index in [-0.39, 0.29) is 24.2 Å². The molecule has 5 heteroatoms. The Bertz CT molecular complexity index is 623. The Morgan fingerprint density at radius 2 is 1.88 bits per heavy atom. The fourth-order valence-corrected chi connectivity index (χ4v) is 3.65. The second-order valence-corrected chi connectivity index (χ2v) is 6.53. The van der Waals surface area contributed by atoms with Crippen LogP contribution in [-0.4, -0.2) is 37.8 Å². The highest BCUT2D eigenvalue weighted by Gasteiger charge is 2.40. The Morgan fingerprint density at radius 1 is 1.08 bits per heavy atom. The second-order valence-electron chi connectivity index (χ2n) is 6.53. The van der Waals surface area contributed by atoms with Gasteiger partial charge in [-0.1, -0.05) is 24.3 Å². The summed E-state index contributed by atoms with van der Waals surface area (Å²) in [5, 5.41) is 0. The molecule has 1 aliphatic carbocycles. The zero-order chi connectivity index (χ0) is 16.5. The number of ether oxygens (including phenoxy) is 4. The molecule has 0 N–H and O–H groups in total. The molecule has 24 heavy (non-hydrogen) atoms. The molecule has 128 valence electrons.